The van der Waals surface area contributed by atoms with Crippen LogP contribution < -0.4 is 4.74 Å². The molecule has 2 aromatic carbocycles. The molecule has 0 aliphatic carbocycles. The van der Waals surface area contributed by atoms with Gasteiger partial charge in [-0.1, -0.05) is 62.2 Å². The zero-order valence-corrected chi connectivity index (χ0v) is 15.4. The Bertz CT molecular complexity index is 677. The molecule has 0 heterocycles. The summed E-state index contributed by atoms with van der Waals surface area (Å²) in [6.07, 6.45) is 3.42. The van der Waals surface area contributed by atoms with Gasteiger partial charge in [-0.25, -0.2) is 0 Å². The molecule has 0 aliphatic heterocycles. The van der Waals surface area contributed by atoms with Crippen LogP contribution in [0.15, 0.2) is 42.5 Å². The van der Waals surface area contributed by atoms with Gasteiger partial charge in [0.2, 0.25) is 0 Å². The minimum Gasteiger partial charge on any atom is -0.492 e. The number of ether oxygens (including phenoxy) is 1. The van der Waals surface area contributed by atoms with Crippen LogP contribution >= 0.6 is 11.6 Å². The number of carbonyl (C=O) groups is 1. The molecule has 0 radical (unpaired) electrons. The second-order valence-electron chi connectivity index (χ2n) is 6.28. The molecular weight excluding hydrogens is 320 g/mol. The Labute approximate surface area is 149 Å². The highest BCUT2D eigenvalue weighted by Crippen LogP contribution is 2.30. The van der Waals surface area contributed by atoms with Crippen molar-refractivity contribution in [2.75, 3.05) is 6.61 Å². The summed E-state index contributed by atoms with van der Waals surface area (Å²) in [6.45, 7) is 6.74. The molecule has 2 nitrogen and oxygen atoms in total. The van der Waals surface area contributed by atoms with Crippen LogP contribution in [0, 0.1) is 5.92 Å². The maximum Gasteiger partial charge on any atom is 0.159 e. The van der Waals surface area contributed by atoms with Crippen LogP contribution in [0.1, 0.15) is 50.4 Å². The van der Waals surface area contributed by atoms with Gasteiger partial charge < -0.3 is 4.74 Å². The van der Waals surface area contributed by atoms with Gasteiger partial charge in [0.25, 0.3) is 0 Å². The molecule has 2 aromatic rings. The first-order chi connectivity index (χ1) is 11.5. The number of hydrogen-bond donors (Lipinski definition) is 0. The lowest BCUT2D eigenvalue weighted by atomic mass is 10.0. The van der Waals surface area contributed by atoms with Gasteiger partial charge in [-0.05, 0) is 48.9 Å². The summed E-state index contributed by atoms with van der Waals surface area (Å²) in [5.41, 5.74) is 2.76. The van der Waals surface area contributed by atoms with Crippen molar-refractivity contribution >= 4 is 17.4 Å². The molecule has 0 saturated carbocycles. The van der Waals surface area contributed by atoms with Crippen molar-refractivity contribution in [2.45, 2.75) is 40.0 Å². The van der Waals surface area contributed by atoms with E-state index in [0.717, 1.165) is 29.2 Å². The Morgan fingerprint density at radius 2 is 1.79 bits per heavy atom. The minimum atomic E-state index is 0.0701. The number of carbonyl (C=O) groups excluding carboxylic acids is 1. The van der Waals surface area contributed by atoms with Crippen molar-refractivity contribution in [3.8, 4) is 16.9 Å². The first kappa shape index (κ1) is 18.5. The fourth-order valence-corrected chi connectivity index (χ4v) is 2.75. The van der Waals surface area contributed by atoms with Crippen molar-refractivity contribution in [3.63, 3.8) is 0 Å². The van der Waals surface area contributed by atoms with Gasteiger partial charge in [0.1, 0.15) is 5.75 Å². The molecule has 0 bridgehead atoms. The summed E-state index contributed by atoms with van der Waals surface area (Å²) in [5.74, 6) is 1.54. The zero-order valence-electron chi connectivity index (χ0n) is 14.6. The van der Waals surface area contributed by atoms with Crippen LogP contribution in [0.4, 0.5) is 0 Å². The number of rotatable bonds is 8. The smallest absolute Gasteiger partial charge is 0.159 e. The third kappa shape index (κ3) is 5.10. The summed E-state index contributed by atoms with van der Waals surface area (Å²) in [7, 11) is 0. The lowest BCUT2D eigenvalue weighted by molar-refractivity contribution is 0.101. The fourth-order valence-electron chi connectivity index (χ4n) is 2.51. The van der Waals surface area contributed by atoms with Gasteiger partial charge in [-0.15, -0.1) is 0 Å². The number of benzene rings is 2. The average molecular weight is 345 g/mol. The van der Waals surface area contributed by atoms with Crippen LogP contribution in [-0.2, 0) is 0 Å². The summed E-state index contributed by atoms with van der Waals surface area (Å²) in [5, 5.41) is 0.617. The van der Waals surface area contributed by atoms with E-state index in [9.17, 15) is 4.79 Å². The van der Waals surface area contributed by atoms with Crippen LogP contribution in [0.25, 0.3) is 11.1 Å². The lowest BCUT2D eigenvalue weighted by Gasteiger charge is -2.11. The molecule has 0 aromatic heterocycles. The first-order valence-corrected chi connectivity index (χ1v) is 8.92. The van der Waals surface area contributed by atoms with E-state index in [0.29, 0.717) is 17.2 Å². The zero-order chi connectivity index (χ0) is 17.5. The topological polar surface area (TPSA) is 26.3 Å². The third-order valence-electron chi connectivity index (χ3n) is 4.35. The minimum absolute atomic E-state index is 0.0701. The van der Waals surface area contributed by atoms with E-state index < -0.39 is 0 Å². The summed E-state index contributed by atoms with van der Waals surface area (Å²) in [6, 6.07) is 13.4. The van der Waals surface area contributed by atoms with Crippen LogP contribution in [0.2, 0.25) is 5.02 Å². The van der Waals surface area contributed by atoms with E-state index >= 15 is 0 Å². The number of ketones is 1. The number of Topliss-reactive ketones (excluding diaryl/α,β-unsaturated/α-hetero) is 1. The van der Waals surface area contributed by atoms with Crippen LogP contribution in [0.5, 0.6) is 5.75 Å². The van der Waals surface area contributed by atoms with Crippen molar-refractivity contribution in [3.05, 3.63) is 53.1 Å². The van der Waals surface area contributed by atoms with Crippen molar-refractivity contribution in [1.29, 1.82) is 0 Å². The van der Waals surface area contributed by atoms with Crippen LogP contribution in [-0.4, -0.2) is 12.4 Å². The van der Waals surface area contributed by atoms with Gasteiger partial charge in [0.05, 0.1) is 11.6 Å². The van der Waals surface area contributed by atoms with Crippen molar-refractivity contribution in [2.24, 2.45) is 5.92 Å². The molecule has 0 spiro atoms. The molecule has 3 heteroatoms. The maximum absolute atomic E-state index is 11.3. The van der Waals surface area contributed by atoms with Gasteiger partial charge in [0.15, 0.2) is 5.78 Å². The molecule has 0 amide bonds. The standard InChI is InChI=1S/C21H25ClO2/c1-4-15(2)6-5-13-24-21-12-11-19(14-20(21)22)18-9-7-17(8-10-18)16(3)23/h7-12,14-15H,4-6,13H2,1-3H3/t15-/m0/s1. The maximum atomic E-state index is 11.3. The quantitative estimate of drug-likeness (QED) is 0.408. The monoisotopic (exact) mass is 344 g/mol. The van der Waals surface area contributed by atoms with E-state index in [2.05, 4.69) is 13.8 Å². The third-order valence-corrected chi connectivity index (χ3v) is 4.65. The van der Waals surface area contributed by atoms with E-state index in [4.69, 9.17) is 16.3 Å². The number of halogens is 1. The van der Waals surface area contributed by atoms with Gasteiger partial charge in [-0.2, -0.15) is 0 Å². The van der Waals surface area contributed by atoms with E-state index in [1.165, 1.54) is 12.8 Å². The predicted molar refractivity (Wildman–Crippen MR) is 101 cm³/mol. The molecule has 0 aliphatic rings. The van der Waals surface area contributed by atoms with E-state index in [-0.39, 0.29) is 5.78 Å². The van der Waals surface area contributed by atoms with Gasteiger partial charge >= 0.3 is 0 Å². The average Bonchev–Trinajstić information content (AvgIpc) is 2.59. The molecule has 1 atom stereocenters. The molecule has 0 fully saturated rings. The molecule has 0 N–H and O–H groups in total. The lowest BCUT2D eigenvalue weighted by Crippen LogP contribution is -2.01. The molecule has 2 rings (SSSR count). The van der Waals surface area contributed by atoms with E-state index in [1.54, 1.807) is 6.92 Å². The second kappa shape index (κ2) is 8.89. The summed E-state index contributed by atoms with van der Waals surface area (Å²) >= 11 is 6.35. The highest BCUT2D eigenvalue weighted by Gasteiger charge is 2.07. The predicted octanol–water partition coefficient (Wildman–Crippen LogP) is 6.41. The Balaban J connectivity index is 2.00. The Hall–Kier alpha value is -1.80. The summed E-state index contributed by atoms with van der Waals surface area (Å²) in [4.78, 5) is 11.3. The summed E-state index contributed by atoms with van der Waals surface area (Å²) < 4.78 is 5.80. The van der Waals surface area contributed by atoms with E-state index in [1.807, 2.05) is 42.5 Å². The Kier molecular flexibility index (Phi) is 6.86. The molecule has 0 saturated heterocycles. The number of hydrogen-bond acceptors (Lipinski definition) is 2. The van der Waals surface area contributed by atoms with Crippen molar-refractivity contribution in [1.82, 2.24) is 0 Å². The second-order valence-corrected chi connectivity index (χ2v) is 6.69. The van der Waals surface area contributed by atoms with Gasteiger partial charge in [-0.3, -0.25) is 4.79 Å². The Morgan fingerprint density at radius 1 is 1.12 bits per heavy atom. The molecule has 24 heavy (non-hydrogen) atoms. The Morgan fingerprint density at radius 3 is 2.38 bits per heavy atom. The first-order valence-electron chi connectivity index (χ1n) is 8.55. The fraction of sp³-hybridized carbons (Fsp3) is 0.381. The highest BCUT2D eigenvalue weighted by atomic mass is 35.5. The van der Waals surface area contributed by atoms with Crippen LogP contribution in [0.3, 0.4) is 0 Å². The normalized spacial score (nSPS) is 12.0. The van der Waals surface area contributed by atoms with Crippen molar-refractivity contribution < 1.29 is 9.53 Å². The SMILES string of the molecule is CC[C@H](C)CCCOc1ccc(-c2ccc(C(C)=O)cc2)cc1Cl. The van der Waals surface area contributed by atoms with Gasteiger partial charge in [0, 0.05) is 5.56 Å². The largest absolute Gasteiger partial charge is 0.492 e. The molecule has 128 valence electrons. The molecule has 0 unspecified atom stereocenters. The molecular formula is C21H25ClO2. The highest BCUT2D eigenvalue weighted by molar-refractivity contribution is 6.32.